The predicted octanol–water partition coefficient (Wildman–Crippen LogP) is 2.02. The Hall–Kier alpha value is -2.22. The fraction of sp³-hybridized carbons (Fsp3) is 0.400. The second-order valence-corrected chi connectivity index (χ2v) is 7.50. The minimum Gasteiger partial charge on any atom is -0.379 e. The molecule has 2 aromatic rings. The van der Waals surface area contributed by atoms with Gasteiger partial charge in [0.25, 0.3) is 5.91 Å². The third kappa shape index (κ3) is 5.63. The van der Waals surface area contributed by atoms with Crippen LogP contribution in [0.3, 0.4) is 0 Å². The van der Waals surface area contributed by atoms with Crippen LogP contribution in [-0.2, 0) is 22.6 Å². The lowest BCUT2D eigenvalue weighted by Gasteiger charge is -2.27. The van der Waals surface area contributed by atoms with Crippen molar-refractivity contribution in [1.29, 1.82) is 0 Å². The third-order valence-corrected chi connectivity index (χ3v) is 5.42. The molecule has 1 aromatic heterocycles. The van der Waals surface area contributed by atoms with E-state index < -0.39 is 6.04 Å². The van der Waals surface area contributed by atoms with Gasteiger partial charge in [0.2, 0.25) is 5.91 Å². The van der Waals surface area contributed by atoms with E-state index in [2.05, 4.69) is 21.6 Å². The summed E-state index contributed by atoms with van der Waals surface area (Å²) in [6.45, 7) is 6.36. The molecule has 6 nitrogen and oxygen atoms in total. The van der Waals surface area contributed by atoms with E-state index in [-0.39, 0.29) is 11.8 Å². The van der Waals surface area contributed by atoms with E-state index in [0.29, 0.717) is 11.4 Å². The molecular formula is C20H25N3O3S. The van der Waals surface area contributed by atoms with Crippen LogP contribution in [0, 0.1) is 0 Å². The Morgan fingerprint density at radius 2 is 1.89 bits per heavy atom. The van der Waals surface area contributed by atoms with Crippen molar-refractivity contribution in [2.24, 2.45) is 0 Å². The smallest absolute Gasteiger partial charge is 0.261 e. The lowest BCUT2D eigenvalue weighted by Crippen LogP contribution is -2.44. The largest absolute Gasteiger partial charge is 0.379 e. The molecular weight excluding hydrogens is 362 g/mol. The van der Waals surface area contributed by atoms with Gasteiger partial charge in [0, 0.05) is 26.2 Å². The number of morpholine rings is 1. The SMILES string of the molecule is CC(NC(=O)c1cccs1)C(=O)NCc1ccccc1CN1CCOCC1. The Labute approximate surface area is 163 Å². The lowest BCUT2D eigenvalue weighted by molar-refractivity contribution is -0.122. The average molecular weight is 388 g/mol. The second kappa shape index (κ2) is 9.64. The Morgan fingerprint density at radius 3 is 2.59 bits per heavy atom. The van der Waals surface area contributed by atoms with Crippen molar-refractivity contribution in [3.8, 4) is 0 Å². The summed E-state index contributed by atoms with van der Waals surface area (Å²) < 4.78 is 5.40. The number of carbonyl (C=O) groups excluding carboxylic acids is 2. The van der Waals surface area contributed by atoms with Gasteiger partial charge in [0.1, 0.15) is 6.04 Å². The van der Waals surface area contributed by atoms with E-state index in [9.17, 15) is 9.59 Å². The van der Waals surface area contributed by atoms with Crippen LogP contribution in [0.1, 0.15) is 27.7 Å². The first kappa shape index (κ1) is 19.5. The van der Waals surface area contributed by atoms with E-state index in [1.54, 1.807) is 13.0 Å². The van der Waals surface area contributed by atoms with Crippen molar-refractivity contribution < 1.29 is 14.3 Å². The van der Waals surface area contributed by atoms with E-state index in [1.807, 2.05) is 29.6 Å². The summed E-state index contributed by atoms with van der Waals surface area (Å²) in [6, 6.07) is 11.1. The Bertz CT molecular complexity index is 758. The zero-order valence-corrected chi connectivity index (χ0v) is 16.3. The van der Waals surface area contributed by atoms with E-state index >= 15 is 0 Å². The van der Waals surface area contributed by atoms with Gasteiger partial charge in [-0.3, -0.25) is 14.5 Å². The number of amides is 2. The lowest BCUT2D eigenvalue weighted by atomic mass is 10.1. The molecule has 1 fully saturated rings. The predicted molar refractivity (Wildman–Crippen MR) is 106 cm³/mol. The number of ether oxygens (including phenoxy) is 1. The summed E-state index contributed by atoms with van der Waals surface area (Å²) in [5.74, 6) is -0.415. The molecule has 144 valence electrons. The first-order chi connectivity index (χ1) is 13.1. The molecule has 3 rings (SSSR count). The number of nitrogens with one attached hydrogen (secondary N) is 2. The minimum absolute atomic E-state index is 0.193. The molecule has 1 unspecified atom stereocenters. The highest BCUT2D eigenvalue weighted by molar-refractivity contribution is 7.12. The number of benzene rings is 1. The molecule has 2 heterocycles. The molecule has 1 aromatic carbocycles. The van der Waals surface area contributed by atoms with Gasteiger partial charge in [-0.1, -0.05) is 30.3 Å². The summed E-state index contributed by atoms with van der Waals surface area (Å²) >= 11 is 1.36. The van der Waals surface area contributed by atoms with Crippen LogP contribution >= 0.6 is 11.3 Å². The number of hydrogen-bond donors (Lipinski definition) is 2. The molecule has 27 heavy (non-hydrogen) atoms. The highest BCUT2D eigenvalue weighted by atomic mass is 32.1. The number of nitrogens with zero attached hydrogens (tertiary/aromatic N) is 1. The molecule has 1 saturated heterocycles. The standard InChI is InChI=1S/C20H25N3O3S/c1-15(22-20(25)18-7-4-12-27-18)19(24)21-13-16-5-2-3-6-17(16)14-23-8-10-26-11-9-23/h2-7,12,15H,8-11,13-14H2,1H3,(H,21,24)(H,22,25). The van der Waals surface area contributed by atoms with Crippen LogP contribution in [0.2, 0.25) is 0 Å². The highest BCUT2D eigenvalue weighted by Gasteiger charge is 2.18. The van der Waals surface area contributed by atoms with Gasteiger partial charge in [-0.2, -0.15) is 0 Å². The molecule has 1 aliphatic heterocycles. The van der Waals surface area contributed by atoms with Crippen LogP contribution in [-0.4, -0.2) is 49.1 Å². The first-order valence-corrected chi connectivity index (χ1v) is 10.0. The number of carbonyl (C=O) groups is 2. The van der Waals surface area contributed by atoms with Crippen LogP contribution in [0.4, 0.5) is 0 Å². The fourth-order valence-corrected chi connectivity index (χ4v) is 3.59. The molecule has 0 radical (unpaired) electrons. The monoisotopic (exact) mass is 387 g/mol. The quantitative estimate of drug-likeness (QED) is 0.763. The molecule has 0 aliphatic carbocycles. The Morgan fingerprint density at radius 1 is 1.15 bits per heavy atom. The molecule has 0 saturated carbocycles. The number of rotatable bonds is 7. The zero-order chi connectivity index (χ0) is 19.1. The average Bonchev–Trinajstić information content (AvgIpc) is 3.23. The topological polar surface area (TPSA) is 70.7 Å². The van der Waals surface area contributed by atoms with Crippen LogP contribution in [0.25, 0.3) is 0 Å². The van der Waals surface area contributed by atoms with Gasteiger partial charge in [-0.25, -0.2) is 0 Å². The van der Waals surface area contributed by atoms with Gasteiger partial charge in [0.05, 0.1) is 18.1 Å². The van der Waals surface area contributed by atoms with Crippen molar-refractivity contribution >= 4 is 23.2 Å². The summed E-state index contributed by atoms with van der Waals surface area (Å²) in [7, 11) is 0. The van der Waals surface area contributed by atoms with Crippen LogP contribution in [0.5, 0.6) is 0 Å². The molecule has 1 atom stereocenters. The molecule has 2 N–H and O–H groups in total. The van der Waals surface area contributed by atoms with Crippen molar-refractivity contribution in [1.82, 2.24) is 15.5 Å². The third-order valence-electron chi connectivity index (χ3n) is 4.55. The summed E-state index contributed by atoms with van der Waals surface area (Å²) in [6.07, 6.45) is 0. The molecule has 1 aliphatic rings. The van der Waals surface area contributed by atoms with Crippen molar-refractivity contribution in [3.05, 3.63) is 57.8 Å². The normalized spacial score (nSPS) is 15.9. The van der Waals surface area contributed by atoms with Crippen LogP contribution < -0.4 is 10.6 Å². The minimum atomic E-state index is -0.592. The molecule has 0 bridgehead atoms. The van der Waals surface area contributed by atoms with Gasteiger partial charge in [0.15, 0.2) is 0 Å². The first-order valence-electron chi connectivity index (χ1n) is 9.12. The highest BCUT2D eigenvalue weighted by Crippen LogP contribution is 2.13. The zero-order valence-electron chi connectivity index (χ0n) is 15.4. The molecule has 2 amide bonds. The maximum Gasteiger partial charge on any atom is 0.261 e. The van der Waals surface area contributed by atoms with Gasteiger partial charge in [-0.15, -0.1) is 11.3 Å². The summed E-state index contributed by atoms with van der Waals surface area (Å²) in [5, 5.41) is 7.51. The maximum atomic E-state index is 12.4. The van der Waals surface area contributed by atoms with Gasteiger partial charge >= 0.3 is 0 Å². The Kier molecular flexibility index (Phi) is 6.98. The molecule has 7 heteroatoms. The Balaban J connectivity index is 1.53. The van der Waals surface area contributed by atoms with E-state index in [4.69, 9.17) is 4.74 Å². The van der Waals surface area contributed by atoms with Gasteiger partial charge in [-0.05, 0) is 29.5 Å². The number of hydrogen-bond acceptors (Lipinski definition) is 5. The summed E-state index contributed by atoms with van der Waals surface area (Å²) in [4.78, 5) is 27.4. The van der Waals surface area contributed by atoms with E-state index in [0.717, 1.165) is 38.4 Å². The number of thiophene rings is 1. The van der Waals surface area contributed by atoms with Crippen LogP contribution in [0.15, 0.2) is 41.8 Å². The van der Waals surface area contributed by atoms with E-state index in [1.165, 1.54) is 16.9 Å². The molecule has 0 spiro atoms. The van der Waals surface area contributed by atoms with Gasteiger partial charge < -0.3 is 15.4 Å². The summed E-state index contributed by atoms with van der Waals surface area (Å²) in [5.41, 5.74) is 2.30. The van der Waals surface area contributed by atoms with Crippen molar-refractivity contribution in [2.75, 3.05) is 26.3 Å². The van der Waals surface area contributed by atoms with Crippen molar-refractivity contribution in [3.63, 3.8) is 0 Å². The maximum absolute atomic E-state index is 12.4. The van der Waals surface area contributed by atoms with Crippen molar-refractivity contribution in [2.45, 2.75) is 26.1 Å². The fourth-order valence-electron chi connectivity index (χ4n) is 2.96. The second-order valence-electron chi connectivity index (χ2n) is 6.55.